The molecule has 1 saturated heterocycles. The van der Waals surface area contributed by atoms with Crippen molar-refractivity contribution >= 4 is 11.9 Å². The average Bonchev–Trinajstić information content (AvgIpc) is 2.71. The van der Waals surface area contributed by atoms with Gasteiger partial charge in [0.1, 0.15) is 0 Å². The van der Waals surface area contributed by atoms with E-state index in [1.54, 1.807) is 0 Å². The van der Waals surface area contributed by atoms with Crippen molar-refractivity contribution in [3.63, 3.8) is 0 Å². The molecule has 0 aromatic rings. The van der Waals surface area contributed by atoms with E-state index in [-0.39, 0.29) is 18.7 Å². The summed E-state index contributed by atoms with van der Waals surface area (Å²) in [6.45, 7) is 5.18. The maximum absolute atomic E-state index is 11.9. The van der Waals surface area contributed by atoms with Crippen LogP contribution in [-0.2, 0) is 9.59 Å². The molecule has 1 atom stereocenters. The second-order valence-corrected chi connectivity index (χ2v) is 5.25. The van der Waals surface area contributed by atoms with Crippen LogP contribution in [0.5, 0.6) is 0 Å². The molecule has 1 heterocycles. The molecule has 0 saturated carbocycles. The van der Waals surface area contributed by atoms with Gasteiger partial charge in [-0.25, -0.2) is 0 Å². The van der Waals surface area contributed by atoms with Crippen LogP contribution < -0.4 is 0 Å². The standard InChI is InChI=1S/C13H23NO3/c1-10(2)5-6-11-4-3-9-14(11)12(15)7-8-13(16)17/h10-11H,3-9H2,1-2H3,(H,16,17). The van der Waals surface area contributed by atoms with Crippen molar-refractivity contribution in [3.05, 3.63) is 0 Å². The summed E-state index contributed by atoms with van der Waals surface area (Å²) in [5.41, 5.74) is 0. The van der Waals surface area contributed by atoms with Crippen LogP contribution in [0.15, 0.2) is 0 Å². The van der Waals surface area contributed by atoms with Crippen LogP contribution in [0, 0.1) is 5.92 Å². The van der Waals surface area contributed by atoms with Gasteiger partial charge in [0, 0.05) is 19.0 Å². The number of likely N-dealkylation sites (tertiary alicyclic amines) is 1. The Morgan fingerprint density at radius 1 is 1.35 bits per heavy atom. The van der Waals surface area contributed by atoms with E-state index in [0.29, 0.717) is 12.0 Å². The zero-order chi connectivity index (χ0) is 12.8. The molecule has 0 aromatic carbocycles. The first-order chi connectivity index (χ1) is 8.00. The Balaban J connectivity index is 2.39. The summed E-state index contributed by atoms with van der Waals surface area (Å²) >= 11 is 0. The van der Waals surface area contributed by atoms with Crippen LogP contribution in [0.1, 0.15) is 52.4 Å². The molecule has 1 N–H and O–H groups in total. The Morgan fingerprint density at radius 3 is 2.65 bits per heavy atom. The van der Waals surface area contributed by atoms with E-state index in [1.807, 2.05) is 4.90 Å². The lowest BCUT2D eigenvalue weighted by Gasteiger charge is -2.25. The number of aliphatic carboxylic acids is 1. The molecule has 0 aromatic heterocycles. The fourth-order valence-corrected chi connectivity index (χ4v) is 2.35. The third kappa shape index (κ3) is 4.75. The van der Waals surface area contributed by atoms with Gasteiger partial charge in [-0.3, -0.25) is 9.59 Å². The number of rotatable bonds is 6. The summed E-state index contributed by atoms with van der Waals surface area (Å²) in [4.78, 5) is 24.2. The lowest BCUT2D eigenvalue weighted by atomic mass is 10.0. The minimum Gasteiger partial charge on any atom is -0.481 e. The normalized spacial score (nSPS) is 19.9. The van der Waals surface area contributed by atoms with E-state index in [9.17, 15) is 9.59 Å². The SMILES string of the molecule is CC(C)CCC1CCCN1C(=O)CCC(=O)O. The summed E-state index contributed by atoms with van der Waals surface area (Å²) < 4.78 is 0. The molecule has 1 aliphatic heterocycles. The van der Waals surface area contributed by atoms with Crippen molar-refractivity contribution in [3.8, 4) is 0 Å². The van der Waals surface area contributed by atoms with Gasteiger partial charge >= 0.3 is 5.97 Å². The van der Waals surface area contributed by atoms with Crippen LogP contribution in [-0.4, -0.2) is 34.5 Å². The van der Waals surface area contributed by atoms with Gasteiger partial charge in [-0.2, -0.15) is 0 Å². The van der Waals surface area contributed by atoms with E-state index in [1.165, 1.54) is 0 Å². The summed E-state index contributed by atoms with van der Waals surface area (Å²) in [7, 11) is 0. The minimum absolute atomic E-state index is 0.0126. The molecule has 1 amide bonds. The van der Waals surface area contributed by atoms with Crippen LogP contribution in [0.2, 0.25) is 0 Å². The van der Waals surface area contributed by atoms with Crippen molar-refractivity contribution in [1.29, 1.82) is 0 Å². The van der Waals surface area contributed by atoms with Gasteiger partial charge in [0.15, 0.2) is 0 Å². The number of carbonyl (C=O) groups excluding carboxylic acids is 1. The lowest BCUT2D eigenvalue weighted by molar-refractivity contribution is -0.141. The van der Waals surface area contributed by atoms with Gasteiger partial charge in [0.05, 0.1) is 6.42 Å². The molecule has 0 radical (unpaired) electrons. The molecule has 1 fully saturated rings. The second-order valence-electron chi connectivity index (χ2n) is 5.25. The molecule has 0 aliphatic carbocycles. The highest BCUT2D eigenvalue weighted by Crippen LogP contribution is 2.24. The highest BCUT2D eigenvalue weighted by molar-refractivity contribution is 5.81. The Morgan fingerprint density at radius 2 is 2.06 bits per heavy atom. The molecule has 4 heteroatoms. The summed E-state index contributed by atoms with van der Waals surface area (Å²) in [5.74, 6) is -0.221. The maximum atomic E-state index is 11.9. The molecule has 1 aliphatic rings. The highest BCUT2D eigenvalue weighted by Gasteiger charge is 2.28. The van der Waals surface area contributed by atoms with Crippen molar-refractivity contribution in [1.82, 2.24) is 4.90 Å². The third-order valence-electron chi connectivity index (χ3n) is 3.33. The van der Waals surface area contributed by atoms with Gasteiger partial charge < -0.3 is 10.0 Å². The Labute approximate surface area is 103 Å². The molecular weight excluding hydrogens is 218 g/mol. The predicted octanol–water partition coefficient (Wildman–Crippen LogP) is 2.28. The fourth-order valence-electron chi connectivity index (χ4n) is 2.35. The number of hydrogen-bond acceptors (Lipinski definition) is 2. The number of carboxylic acids is 1. The van der Waals surface area contributed by atoms with Gasteiger partial charge in [0.25, 0.3) is 0 Å². The zero-order valence-electron chi connectivity index (χ0n) is 10.8. The van der Waals surface area contributed by atoms with Crippen molar-refractivity contribution < 1.29 is 14.7 Å². The van der Waals surface area contributed by atoms with Crippen LogP contribution in [0.3, 0.4) is 0 Å². The highest BCUT2D eigenvalue weighted by atomic mass is 16.4. The Hall–Kier alpha value is -1.06. The average molecular weight is 241 g/mol. The predicted molar refractivity (Wildman–Crippen MR) is 65.7 cm³/mol. The smallest absolute Gasteiger partial charge is 0.303 e. The lowest BCUT2D eigenvalue weighted by Crippen LogP contribution is -2.35. The third-order valence-corrected chi connectivity index (χ3v) is 3.33. The molecule has 0 bridgehead atoms. The van der Waals surface area contributed by atoms with Crippen molar-refractivity contribution in [2.45, 2.75) is 58.4 Å². The number of carbonyl (C=O) groups is 2. The number of carboxylic acid groups (broad SMARTS) is 1. The van der Waals surface area contributed by atoms with E-state index >= 15 is 0 Å². The van der Waals surface area contributed by atoms with E-state index in [0.717, 1.165) is 32.2 Å². The van der Waals surface area contributed by atoms with Crippen LogP contribution in [0.25, 0.3) is 0 Å². The number of amides is 1. The van der Waals surface area contributed by atoms with Gasteiger partial charge in [-0.05, 0) is 31.6 Å². The topological polar surface area (TPSA) is 57.6 Å². The Bertz CT molecular complexity index is 276. The minimum atomic E-state index is -0.892. The largest absolute Gasteiger partial charge is 0.481 e. The molecule has 0 spiro atoms. The molecule has 1 unspecified atom stereocenters. The first-order valence-electron chi connectivity index (χ1n) is 6.52. The monoisotopic (exact) mass is 241 g/mol. The molecule has 17 heavy (non-hydrogen) atoms. The fraction of sp³-hybridized carbons (Fsp3) is 0.846. The maximum Gasteiger partial charge on any atom is 0.303 e. The van der Waals surface area contributed by atoms with Gasteiger partial charge in [-0.1, -0.05) is 13.8 Å². The van der Waals surface area contributed by atoms with Gasteiger partial charge in [0.2, 0.25) is 5.91 Å². The quantitative estimate of drug-likeness (QED) is 0.776. The van der Waals surface area contributed by atoms with Crippen LogP contribution in [0.4, 0.5) is 0 Å². The Kier molecular flexibility index (Phi) is 5.45. The van der Waals surface area contributed by atoms with Crippen molar-refractivity contribution in [2.24, 2.45) is 5.92 Å². The first kappa shape index (κ1) is 14.0. The van der Waals surface area contributed by atoms with Gasteiger partial charge in [-0.15, -0.1) is 0 Å². The van der Waals surface area contributed by atoms with E-state index < -0.39 is 5.97 Å². The zero-order valence-corrected chi connectivity index (χ0v) is 10.8. The molecule has 4 nitrogen and oxygen atoms in total. The first-order valence-corrected chi connectivity index (χ1v) is 6.52. The molecule has 1 rings (SSSR count). The summed E-state index contributed by atoms with van der Waals surface area (Å²) in [6, 6.07) is 0.346. The van der Waals surface area contributed by atoms with E-state index in [2.05, 4.69) is 13.8 Å². The second kappa shape index (κ2) is 6.62. The molecular formula is C13H23NO3. The summed E-state index contributed by atoms with van der Waals surface area (Å²) in [6.07, 6.45) is 4.41. The molecule has 98 valence electrons. The van der Waals surface area contributed by atoms with Crippen molar-refractivity contribution in [2.75, 3.05) is 6.54 Å². The number of hydrogen-bond donors (Lipinski definition) is 1. The van der Waals surface area contributed by atoms with Crippen LogP contribution >= 0.6 is 0 Å². The van der Waals surface area contributed by atoms with E-state index in [4.69, 9.17) is 5.11 Å². The summed E-state index contributed by atoms with van der Waals surface area (Å²) in [5, 5.41) is 8.58. The number of nitrogens with zero attached hydrogens (tertiary/aromatic N) is 1.